The van der Waals surface area contributed by atoms with E-state index in [4.69, 9.17) is 0 Å². The molecule has 0 saturated heterocycles. The Balaban J connectivity index is 1.84. The van der Waals surface area contributed by atoms with E-state index in [2.05, 4.69) is 20.3 Å². The summed E-state index contributed by atoms with van der Waals surface area (Å²) in [6.45, 7) is 2.65. The Morgan fingerprint density at radius 2 is 2.31 bits per heavy atom. The maximum Gasteiger partial charge on any atom is 0.217 e. The highest BCUT2D eigenvalue weighted by atomic mass is 32.1. The van der Waals surface area contributed by atoms with E-state index in [0.29, 0.717) is 12.4 Å². The Morgan fingerprint density at radius 1 is 1.44 bits per heavy atom. The summed E-state index contributed by atoms with van der Waals surface area (Å²) in [7, 11) is 0. The van der Waals surface area contributed by atoms with E-state index in [0.717, 1.165) is 17.1 Å². The van der Waals surface area contributed by atoms with E-state index >= 15 is 0 Å². The number of halogens is 1. The van der Waals surface area contributed by atoms with Gasteiger partial charge in [-0.05, 0) is 6.92 Å². The highest BCUT2D eigenvalue weighted by molar-refractivity contribution is 7.09. The number of rotatable bonds is 4. The van der Waals surface area contributed by atoms with Crippen molar-refractivity contribution in [3.05, 3.63) is 34.4 Å². The van der Waals surface area contributed by atoms with Crippen LogP contribution in [0.25, 0.3) is 0 Å². The second kappa shape index (κ2) is 4.98. The molecule has 0 fully saturated rings. The molecule has 2 rings (SSSR count). The van der Waals surface area contributed by atoms with Crippen molar-refractivity contribution < 1.29 is 4.39 Å². The first-order valence-electron chi connectivity index (χ1n) is 4.86. The van der Waals surface area contributed by atoms with Crippen molar-refractivity contribution in [3.8, 4) is 0 Å². The molecule has 0 aromatic carbocycles. The SMILES string of the molecule is Cc1csc(CCNc2cc(F)ncn2)n1. The number of thiazole rings is 1. The van der Waals surface area contributed by atoms with E-state index in [9.17, 15) is 4.39 Å². The number of hydrogen-bond donors (Lipinski definition) is 1. The van der Waals surface area contributed by atoms with Crippen molar-refractivity contribution in [3.63, 3.8) is 0 Å². The van der Waals surface area contributed by atoms with Gasteiger partial charge in [0.05, 0.1) is 5.01 Å². The summed E-state index contributed by atoms with van der Waals surface area (Å²) in [5.41, 5.74) is 1.04. The molecule has 0 aliphatic rings. The zero-order valence-electron chi connectivity index (χ0n) is 8.77. The lowest BCUT2D eigenvalue weighted by Crippen LogP contribution is -2.06. The van der Waals surface area contributed by atoms with Crippen LogP contribution in [0.15, 0.2) is 17.8 Å². The van der Waals surface area contributed by atoms with Crippen LogP contribution in [0.3, 0.4) is 0 Å². The van der Waals surface area contributed by atoms with E-state index in [1.807, 2.05) is 12.3 Å². The zero-order chi connectivity index (χ0) is 11.4. The molecule has 0 spiro atoms. The largest absolute Gasteiger partial charge is 0.369 e. The predicted octanol–water partition coefficient (Wildman–Crippen LogP) is 2.04. The number of aryl methyl sites for hydroxylation is 1. The third kappa shape index (κ3) is 2.96. The Bertz CT molecular complexity index is 471. The van der Waals surface area contributed by atoms with Crippen molar-refractivity contribution in [2.24, 2.45) is 0 Å². The highest BCUT2D eigenvalue weighted by Crippen LogP contribution is 2.09. The molecule has 0 aliphatic heterocycles. The van der Waals surface area contributed by atoms with Crippen molar-refractivity contribution in [2.45, 2.75) is 13.3 Å². The standard InChI is InChI=1S/C10H11FN4S/c1-7-5-16-10(15-7)2-3-12-9-4-8(11)13-6-14-9/h4-6H,2-3H2,1H3,(H,12,13,14). The van der Waals surface area contributed by atoms with Crippen LogP contribution in [0.1, 0.15) is 10.7 Å². The summed E-state index contributed by atoms with van der Waals surface area (Å²) in [5, 5.41) is 6.10. The molecule has 2 heterocycles. The van der Waals surface area contributed by atoms with E-state index in [1.165, 1.54) is 12.4 Å². The lowest BCUT2D eigenvalue weighted by Gasteiger charge is -2.02. The summed E-state index contributed by atoms with van der Waals surface area (Å²) in [6.07, 6.45) is 2.01. The first kappa shape index (κ1) is 10.9. The summed E-state index contributed by atoms with van der Waals surface area (Å²) in [5.74, 6) is -0.0247. The van der Waals surface area contributed by atoms with Crippen LogP contribution in [-0.4, -0.2) is 21.5 Å². The molecule has 0 atom stereocenters. The van der Waals surface area contributed by atoms with Crippen LogP contribution in [0.5, 0.6) is 0 Å². The minimum atomic E-state index is -0.525. The number of nitrogens with one attached hydrogen (secondary N) is 1. The average Bonchev–Trinajstić information content (AvgIpc) is 2.64. The highest BCUT2D eigenvalue weighted by Gasteiger charge is 2.00. The van der Waals surface area contributed by atoms with Crippen LogP contribution in [0, 0.1) is 12.9 Å². The summed E-state index contributed by atoms with van der Waals surface area (Å²) >= 11 is 1.63. The zero-order valence-corrected chi connectivity index (χ0v) is 9.59. The number of nitrogens with zero attached hydrogens (tertiary/aromatic N) is 3. The molecule has 16 heavy (non-hydrogen) atoms. The topological polar surface area (TPSA) is 50.7 Å². The van der Waals surface area contributed by atoms with Gasteiger partial charge < -0.3 is 5.32 Å². The Kier molecular flexibility index (Phi) is 3.40. The van der Waals surface area contributed by atoms with Gasteiger partial charge in [-0.15, -0.1) is 11.3 Å². The van der Waals surface area contributed by atoms with Crippen molar-refractivity contribution in [1.82, 2.24) is 15.0 Å². The second-order valence-corrected chi connectivity index (χ2v) is 4.23. The molecule has 0 amide bonds. The fraction of sp³-hybridized carbons (Fsp3) is 0.300. The van der Waals surface area contributed by atoms with Gasteiger partial charge in [0.15, 0.2) is 0 Å². The van der Waals surface area contributed by atoms with E-state index in [-0.39, 0.29) is 0 Å². The summed E-state index contributed by atoms with van der Waals surface area (Å²) in [4.78, 5) is 11.6. The Labute approximate surface area is 96.6 Å². The minimum absolute atomic E-state index is 0.501. The van der Waals surface area contributed by atoms with Gasteiger partial charge in [0.1, 0.15) is 12.1 Å². The molecule has 2 aromatic rings. The lowest BCUT2D eigenvalue weighted by molar-refractivity contribution is 0.580. The molecule has 0 radical (unpaired) electrons. The molecule has 1 N–H and O–H groups in total. The molecular formula is C10H11FN4S. The van der Waals surface area contributed by atoms with Crippen molar-refractivity contribution in [2.75, 3.05) is 11.9 Å². The predicted molar refractivity (Wildman–Crippen MR) is 61.0 cm³/mol. The normalized spacial score (nSPS) is 10.4. The second-order valence-electron chi connectivity index (χ2n) is 3.29. The Hall–Kier alpha value is -1.56. The van der Waals surface area contributed by atoms with Crippen molar-refractivity contribution in [1.29, 1.82) is 0 Å². The molecule has 0 unspecified atom stereocenters. The molecule has 0 aliphatic carbocycles. The van der Waals surface area contributed by atoms with Crippen LogP contribution >= 0.6 is 11.3 Å². The first-order valence-corrected chi connectivity index (χ1v) is 5.74. The third-order valence-electron chi connectivity index (χ3n) is 1.95. The minimum Gasteiger partial charge on any atom is -0.369 e. The van der Waals surface area contributed by atoms with Gasteiger partial charge in [-0.3, -0.25) is 0 Å². The molecule has 2 aromatic heterocycles. The molecule has 0 saturated carbocycles. The third-order valence-corrected chi connectivity index (χ3v) is 2.97. The van der Waals surface area contributed by atoms with Crippen LogP contribution < -0.4 is 5.32 Å². The summed E-state index contributed by atoms with van der Waals surface area (Å²) < 4.78 is 12.7. The fourth-order valence-corrected chi connectivity index (χ4v) is 2.02. The van der Waals surface area contributed by atoms with Gasteiger partial charge in [0.25, 0.3) is 0 Å². The van der Waals surface area contributed by atoms with Crippen LogP contribution in [0.4, 0.5) is 10.2 Å². The van der Waals surface area contributed by atoms with Gasteiger partial charge in [0.2, 0.25) is 5.95 Å². The number of hydrogen-bond acceptors (Lipinski definition) is 5. The molecule has 84 valence electrons. The number of aromatic nitrogens is 3. The average molecular weight is 238 g/mol. The van der Waals surface area contributed by atoms with Crippen LogP contribution in [-0.2, 0) is 6.42 Å². The van der Waals surface area contributed by atoms with E-state index < -0.39 is 5.95 Å². The Morgan fingerprint density at radius 3 is 3.00 bits per heavy atom. The fourth-order valence-electron chi connectivity index (χ4n) is 1.25. The molecular weight excluding hydrogens is 227 g/mol. The quantitative estimate of drug-likeness (QED) is 0.828. The van der Waals surface area contributed by atoms with Gasteiger partial charge in [-0.2, -0.15) is 4.39 Å². The van der Waals surface area contributed by atoms with E-state index in [1.54, 1.807) is 11.3 Å². The smallest absolute Gasteiger partial charge is 0.217 e. The monoisotopic (exact) mass is 238 g/mol. The maximum absolute atomic E-state index is 12.7. The van der Waals surface area contributed by atoms with Gasteiger partial charge >= 0.3 is 0 Å². The van der Waals surface area contributed by atoms with Gasteiger partial charge in [0, 0.05) is 30.1 Å². The number of anilines is 1. The first-order chi connectivity index (χ1) is 7.74. The lowest BCUT2D eigenvalue weighted by atomic mass is 10.4. The maximum atomic E-state index is 12.7. The van der Waals surface area contributed by atoms with Gasteiger partial charge in [-0.25, -0.2) is 15.0 Å². The molecule has 4 nitrogen and oxygen atoms in total. The molecule has 0 bridgehead atoms. The van der Waals surface area contributed by atoms with Gasteiger partial charge in [-0.1, -0.05) is 0 Å². The van der Waals surface area contributed by atoms with Crippen LogP contribution in [0.2, 0.25) is 0 Å². The van der Waals surface area contributed by atoms with Crippen molar-refractivity contribution >= 4 is 17.2 Å². The summed E-state index contributed by atoms with van der Waals surface area (Å²) in [6, 6.07) is 1.27. The molecule has 6 heteroatoms.